The third-order valence-electron chi connectivity index (χ3n) is 4.60. The molecule has 0 radical (unpaired) electrons. The van der Waals surface area contributed by atoms with Crippen LogP contribution in [0.25, 0.3) is 0 Å². The van der Waals surface area contributed by atoms with Crippen molar-refractivity contribution in [3.8, 4) is 0 Å². The summed E-state index contributed by atoms with van der Waals surface area (Å²) in [6.45, 7) is 7.72. The number of amides is 1. The molecule has 0 atom stereocenters. The molecule has 1 N–H and O–H groups in total. The predicted molar refractivity (Wildman–Crippen MR) is 90.5 cm³/mol. The Balaban J connectivity index is 1.55. The maximum atomic E-state index is 12.3. The molecule has 2 aliphatic rings. The van der Waals surface area contributed by atoms with E-state index in [1.165, 1.54) is 0 Å². The number of nitrogens with one attached hydrogen (secondary N) is 1. The molecule has 1 aromatic rings. The zero-order valence-corrected chi connectivity index (χ0v) is 14.0. The molecule has 0 aromatic carbocycles. The van der Waals surface area contributed by atoms with Crippen molar-refractivity contribution >= 4 is 11.7 Å². The van der Waals surface area contributed by atoms with Gasteiger partial charge < -0.3 is 14.7 Å². The summed E-state index contributed by atoms with van der Waals surface area (Å²) < 4.78 is 0. The fourth-order valence-corrected chi connectivity index (χ4v) is 2.87. The van der Waals surface area contributed by atoms with Gasteiger partial charge in [-0.05, 0) is 26.2 Å². The third kappa shape index (κ3) is 4.19. The lowest BCUT2D eigenvalue weighted by Crippen LogP contribution is -2.52. The lowest BCUT2D eigenvalue weighted by molar-refractivity contribution is 0.0662. The Bertz CT molecular complexity index is 518. The molecule has 2 fully saturated rings. The van der Waals surface area contributed by atoms with E-state index in [1.807, 2.05) is 17.1 Å². The second-order valence-electron chi connectivity index (χ2n) is 6.43. The molecule has 23 heavy (non-hydrogen) atoms. The van der Waals surface area contributed by atoms with Crippen LogP contribution in [-0.4, -0.2) is 92.2 Å². The molecule has 3 rings (SSSR count). The van der Waals surface area contributed by atoms with Gasteiger partial charge in [0.25, 0.3) is 5.91 Å². The van der Waals surface area contributed by atoms with Gasteiger partial charge in [-0.3, -0.25) is 10.2 Å². The summed E-state index contributed by atoms with van der Waals surface area (Å²) in [4.78, 5) is 23.6. The van der Waals surface area contributed by atoms with E-state index >= 15 is 0 Å². The van der Waals surface area contributed by atoms with E-state index in [2.05, 4.69) is 39.2 Å². The van der Waals surface area contributed by atoms with Crippen LogP contribution in [0.2, 0.25) is 0 Å². The van der Waals surface area contributed by atoms with Crippen molar-refractivity contribution in [2.45, 2.75) is 0 Å². The third-order valence-corrected chi connectivity index (χ3v) is 4.60. The number of piperazine rings is 2. The molecule has 3 heterocycles. The van der Waals surface area contributed by atoms with Gasteiger partial charge in [0.2, 0.25) is 0 Å². The Morgan fingerprint density at radius 2 is 1.57 bits per heavy atom. The van der Waals surface area contributed by atoms with E-state index in [9.17, 15) is 4.79 Å². The summed E-state index contributed by atoms with van der Waals surface area (Å²) in [5, 5.41) is 1.98. The maximum absolute atomic E-state index is 12.3. The molecule has 7 heteroatoms. The van der Waals surface area contributed by atoms with Crippen LogP contribution >= 0.6 is 0 Å². The summed E-state index contributed by atoms with van der Waals surface area (Å²) in [7, 11) is 4.23. The highest BCUT2D eigenvalue weighted by molar-refractivity contribution is 5.93. The van der Waals surface area contributed by atoms with Crippen LogP contribution in [0.15, 0.2) is 18.3 Å². The van der Waals surface area contributed by atoms with Crippen molar-refractivity contribution in [3.05, 3.63) is 23.9 Å². The zero-order chi connectivity index (χ0) is 16.2. The average molecular weight is 318 g/mol. The van der Waals surface area contributed by atoms with E-state index in [-0.39, 0.29) is 5.91 Å². The number of rotatable bonds is 3. The van der Waals surface area contributed by atoms with Gasteiger partial charge in [-0.1, -0.05) is 0 Å². The van der Waals surface area contributed by atoms with E-state index in [1.54, 1.807) is 6.20 Å². The number of nitrogens with zero attached hydrogens (tertiary/aromatic N) is 5. The van der Waals surface area contributed by atoms with Crippen molar-refractivity contribution in [1.82, 2.24) is 25.2 Å². The molecule has 2 saturated heterocycles. The number of pyridine rings is 1. The van der Waals surface area contributed by atoms with Crippen molar-refractivity contribution in [1.29, 1.82) is 0 Å². The molecule has 7 nitrogen and oxygen atoms in total. The van der Waals surface area contributed by atoms with Gasteiger partial charge in [-0.25, -0.2) is 9.99 Å². The summed E-state index contributed by atoms with van der Waals surface area (Å²) in [6, 6.07) is 3.82. The molecule has 0 saturated carbocycles. The van der Waals surface area contributed by atoms with Gasteiger partial charge in [-0.15, -0.1) is 0 Å². The molecule has 126 valence electrons. The van der Waals surface area contributed by atoms with Crippen LogP contribution < -0.4 is 10.3 Å². The maximum Gasteiger partial charge on any atom is 0.267 e. The smallest absolute Gasteiger partial charge is 0.267 e. The lowest BCUT2D eigenvalue weighted by atomic mass is 10.2. The summed E-state index contributed by atoms with van der Waals surface area (Å²) in [5.41, 5.74) is 3.58. The minimum atomic E-state index is -0.0769. The molecule has 2 aliphatic heterocycles. The van der Waals surface area contributed by atoms with Gasteiger partial charge in [0.15, 0.2) is 0 Å². The topological polar surface area (TPSA) is 55.0 Å². The first-order valence-corrected chi connectivity index (χ1v) is 8.26. The Hall–Kier alpha value is -1.70. The van der Waals surface area contributed by atoms with Crippen molar-refractivity contribution in [2.24, 2.45) is 0 Å². The molecular formula is C16H26N6O. The summed E-state index contributed by atoms with van der Waals surface area (Å²) >= 11 is 0. The van der Waals surface area contributed by atoms with Gasteiger partial charge in [0.1, 0.15) is 5.82 Å². The Morgan fingerprint density at radius 3 is 2.13 bits per heavy atom. The molecule has 1 aromatic heterocycles. The van der Waals surface area contributed by atoms with Gasteiger partial charge in [-0.2, -0.15) is 0 Å². The van der Waals surface area contributed by atoms with Gasteiger partial charge in [0, 0.05) is 58.6 Å². The van der Waals surface area contributed by atoms with Crippen molar-refractivity contribution in [3.63, 3.8) is 0 Å². The molecule has 0 bridgehead atoms. The number of hydrazine groups is 1. The second kappa shape index (κ2) is 7.25. The van der Waals surface area contributed by atoms with Crippen LogP contribution in [-0.2, 0) is 0 Å². The molecule has 0 unspecified atom stereocenters. The monoisotopic (exact) mass is 318 g/mol. The predicted octanol–water partition coefficient (Wildman–Crippen LogP) is -0.274. The molecule has 1 amide bonds. The average Bonchev–Trinajstić information content (AvgIpc) is 2.58. The normalized spacial score (nSPS) is 21.4. The van der Waals surface area contributed by atoms with Crippen LogP contribution in [0.3, 0.4) is 0 Å². The number of likely N-dealkylation sites (N-methyl/N-ethyl adjacent to an activating group) is 2. The van der Waals surface area contributed by atoms with Crippen molar-refractivity contribution < 1.29 is 4.79 Å². The molecule has 0 aliphatic carbocycles. The number of anilines is 1. The Kier molecular flexibility index (Phi) is 5.09. The Labute approximate surface area is 137 Å². The molecular weight excluding hydrogens is 292 g/mol. The van der Waals surface area contributed by atoms with E-state index in [0.717, 1.165) is 58.2 Å². The second-order valence-corrected chi connectivity index (χ2v) is 6.43. The highest BCUT2D eigenvalue weighted by Gasteiger charge is 2.18. The van der Waals surface area contributed by atoms with Crippen LogP contribution in [0.4, 0.5) is 5.82 Å². The lowest BCUT2D eigenvalue weighted by Gasteiger charge is -2.33. The van der Waals surface area contributed by atoms with Crippen LogP contribution in [0.5, 0.6) is 0 Å². The fourth-order valence-electron chi connectivity index (χ4n) is 2.87. The molecule has 0 spiro atoms. The van der Waals surface area contributed by atoms with E-state index < -0.39 is 0 Å². The Morgan fingerprint density at radius 1 is 0.957 bits per heavy atom. The number of carbonyl (C=O) groups excluding carboxylic acids is 1. The van der Waals surface area contributed by atoms with Crippen molar-refractivity contribution in [2.75, 3.05) is 71.4 Å². The van der Waals surface area contributed by atoms with E-state index in [4.69, 9.17) is 0 Å². The fraction of sp³-hybridized carbons (Fsp3) is 0.625. The SMILES string of the molecule is CN1CCN(NC(=O)c2ccc(N3CCN(C)CC3)nc2)CC1. The standard InChI is InChI=1S/C16H26N6O/c1-19-5-9-21(10-6-19)15-4-3-14(13-17-15)16(23)18-22-11-7-20(2)8-12-22/h3-4,13H,5-12H2,1-2H3,(H,18,23). The first-order valence-electron chi connectivity index (χ1n) is 8.26. The number of hydrogen-bond acceptors (Lipinski definition) is 6. The minimum Gasteiger partial charge on any atom is -0.354 e. The highest BCUT2D eigenvalue weighted by atomic mass is 16.2. The van der Waals surface area contributed by atoms with Crippen LogP contribution in [0, 0.1) is 0 Å². The van der Waals surface area contributed by atoms with Gasteiger partial charge >= 0.3 is 0 Å². The number of aromatic nitrogens is 1. The highest BCUT2D eigenvalue weighted by Crippen LogP contribution is 2.13. The summed E-state index contributed by atoms with van der Waals surface area (Å²) in [6.07, 6.45) is 1.68. The number of hydrogen-bond donors (Lipinski definition) is 1. The minimum absolute atomic E-state index is 0.0769. The van der Waals surface area contributed by atoms with Crippen LogP contribution in [0.1, 0.15) is 10.4 Å². The van der Waals surface area contributed by atoms with Gasteiger partial charge in [0.05, 0.1) is 5.56 Å². The first-order chi connectivity index (χ1) is 11.1. The number of carbonyl (C=O) groups is 1. The zero-order valence-electron chi connectivity index (χ0n) is 14.0. The summed E-state index contributed by atoms with van der Waals surface area (Å²) in [5.74, 6) is 0.876. The quantitative estimate of drug-likeness (QED) is 0.828. The first kappa shape index (κ1) is 16.2. The van der Waals surface area contributed by atoms with E-state index in [0.29, 0.717) is 5.56 Å². The largest absolute Gasteiger partial charge is 0.354 e.